The normalized spacial score (nSPS) is 14.8. The van der Waals surface area contributed by atoms with E-state index in [2.05, 4.69) is 25.1 Å². The number of fused-ring (bicyclic) bond motifs is 1. The van der Waals surface area contributed by atoms with Gasteiger partial charge in [0.05, 0.1) is 11.6 Å². The van der Waals surface area contributed by atoms with E-state index in [1.807, 2.05) is 48.5 Å². The summed E-state index contributed by atoms with van der Waals surface area (Å²) in [5.41, 5.74) is 2.77. The minimum Gasteiger partial charge on any atom is -0.484 e. The molecule has 2 aromatic carbocycles. The zero-order chi connectivity index (χ0) is 18.1. The number of benzene rings is 2. The first kappa shape index (κ1) is 16.0. The van der Waals surface area contributed by atoms with E-state index in [9.17, 15) is 0 Å². The number of para-hydroxylation sites is 1. The third kappa shape index (κ3) is 3.16. The molecule has 2 heterocycles. The molecule has 1 aliphatic carbocycles. The maximum atomic E-state index is 5.65. The molecule has 0 unspecified atom stereocenters. The van der Waals surface area contributed by atoms with Crippen molar-refractivity contribution in [3.63, 3.8) is 0 Å². The Labute approximate surface area is 156 Å². The van der Waals surface area contributed by atoms with Crippen LogP contribution in [0.1, 0.15) is 37.6 Å². The summed E-state index contributed by atoms with van der Waals surface area (Å²) in [5, 5.41) is 12.8. The molecule has 1 aliphatic rings. The predicted octanol–water partition coefficient (Wildman–Crippen LogP) is 4.18. The van der Waals surface area contributed by atoms with Crippen molar-refractivity contribution in [2.24, 2.45) is 0 Å². The first-order chi connectivity index (χ1) is 13.4. The molecular weight excluding hydrogens is 342 g/mol. The van der Waals surface area contributed by atoms with E-state index in [1.54, 1.807) is 0 Å². The van der Waals surface area contributed by atoms with Crippen molar-refractivity contribution in [1.82, 2.24) is 25.1 Å². The summed E-state index contributed by atoms with van der Waals surface area (Å²) in [6.07, 6.45) is 4.88. The van der Waals surface area contributed by atoms with E-state index >= 15 is 0 Å². The smallest absolute Gasteiger partial charge is 0.264 e. The monoisotopic (exact) mass is 361 g/mol. The number of nitrogens with zero attached hydrogens (tertiary/aromatic N) is 5. The molecule has 0 aliphatic heterocycles. The van der Waals surface area contributed by atoms with E-state index in [0.29, 0.717) is 17.8 Å². The van der Waals surface area contributed by atoms with Gasteiger partial charge >= 0.3 is 0 Å². The molecule has 7 nitrogen and oxygen atoms in total. The van der Waals surface area contributed by atoms with Crippen molar-refractivity contribution in [2.75, 3.05) is 0 Å². The molecule has 136 valence electrons. The third-order valence-electron chi connectivity index (χ3n) is 4.97. The van der Waals surface area contributed by atoms with Crippen LogP contribution in [0.2, 0.25) is 0 Å². The van der Waals surface area contributed by atoms with Gasteiger partial charge in [0.15, 0.2) is 6.61 Å². The Hall–Kier alpha value is -3.22. The third-order valence-corrected chi connectivity index (χ3v) is 4.97. The van der Waals surface area contributed by atoms with Crippen LogP contribution in [0, 0.1) is 0 Å². The fourth-order valence-corrected chi connectivity index (χ4v) is 3.59. The number of hydrogen-bond donors (Lipinski definition) is 0. The van der Waals surface area contributed by atoms with Gasteiger partial charge < -0.3 is 9.26 Å². The van der Waals surface area contributed by atoms with Gasteiger partial charge in [0, 0.05) is 5.56 Å². The van der Waals surface area contributed by atoms with Gasteiger partial charge in [-0.15, -0.1) is 5.10 Å². The van der Waals surface area contributed by atoms with Crippen LogP contribution in [-0.4, -0.2) is 25.1 Å². The van der Waals surface area contributed by atoms with E-state index < -0.39 is 0 Å². The van der Waals surface area contributed by atoms with Crippen LogP contribution >= 0.6 is 0 Å². The maximum absolute atomic E-state index is 5.65. The van der Waals surface area contributed by atoms with Crippen molar-refractivity contribution < 1.29 is 9.26 Å². The molecule has 0 radical (unpaired) electrons. The van der Waals surface area contributed by atoms with E-state index in [-0.39, 0.29) is 6.61 Å². The van der Waals surface area contributed by atoms with Gasteiger partial charge in [0.25, 0.3) is 5.89 Å². The first-order valence-corrected chi connectivity index (χ1v) is 9.22. The topological polar surface area (TPSA) is 78.9 Å². The van der Waals surface area contributed by atoms with Crippen molar-refractivity contribution in [2.45, 2.75) is 38.3 Å². The van der Waals surface area contributed by atoms with E-state index in [1.165, 1.54) is 25.7 Å². The van der Waals surface area contributed by atoms with Crippen LogP contribution < -0.4 is 4.74 Å². The Balaban J connectivity index is 1.35. The lowest BCUT2D eigenvalue weighted by Crippen LogP contribution is -2.06. The number of hydrogen-bond acceptors (Lipinski definition) is 6. The van der Waals surface area contributed by atoms with Gasteiger partial charge in [-0.1, -0.05) is 41.4 Å². The molecule has 7 heteroatoms. The average Bonchev–Trinajstić information content (AvgIpc) is 3.46. The minimum absolute atomic E-state index is 0.233. The summed E-state index contributed by atoms with van der Waals surface area (Å²) in [4.78, 5) is 4.43. The summed E-state index contributed by atoms with van der Waals surface area (Å²) in [6, 6.07) is 16.0. The van der Waals surface area contributed by atoms with Gasteiger partial charge in [0.1, 0.15) is 11.3 Å². The highest BCUT2D eigenvalue weighted by Gasteiger charge is 2.20. The maximum Gasteiger partial charge on any atom is 0.264 e. The number of aromatic nitrogens is 5. The van der Waals surface area contributed by atoms with Crippen molar-refractivity contribution in [1.29, 1.82) is 0 Å². The van der Waals surface area contributed by atoms with Gasteiger partial charge in [-0.05, 0) is 43.2 Å². The van der Waals surface area contributed by atoms with Crippen LogP contribution in [0.5, 0.6) is 5.75 Å². The molecule has 0 saturated heterocycles. The Kier molecular flexibility index (Phi) is 4.04. The molecule has 1 fully saturated rings. The minimum atomic E-state index is 0.233. The summed E-state index contributed by atoms with van der Waals surface area (Å²) < 4.78 is 13.0. The summed E-state index contributed by atoms with van der Waals surface area (Å²) in [7, 11) is 0. The van der Waals surface area contributed by atoms with Crippen molar-refractivity contribution >= 4 is 11.0 Å². The van der Waals surface area contributed by atoms with Crippen LogP contribution in [0.4, 0.5) is 0 Å². The zero-order valence-electron chi connectivity index (χ0n) is 14.8. The Morgan fingerprint density at radius 2 is 1.93 bits per heavy atom. The quantitative estimate of drug-likeness (QED) is 0.531. The van der Waals surface area contributed by atoms with E-state index in [0.717, 1.165) is 22.3 Å². The first-order valence-electron chi connectivity index (χ1n) is 9.22. The van der Waals surface area contributed by atoms with Gasteiger partial charge in [-0.3, -0.25) is 0 Å². The number of rotatable bonds is 5. The Bertz CT molecular complexity index is 1050. The van der Waals surface area contributed by atoms with Crippen molar-refractivity contribution in [3.8, 4) is 17.1 Å². The molecule has 0 amide bonds. The highest BCUT2D eigenvalue weighted by atomic mass is 16.5. The molecule has 2 aromatic heterocycles. The fourth-order valence-electron chi connectivity index (χ4n) is 3.59. The number of ether oxygens (including phenoxy) is 1. The predicted molar refractivity (Wildman–Crippen MR) is 99.1 cm³/mol. The molecule has 1 saturated carbocycles. The van der Waals surface area contributed by atoms with Crippen LogP contribution in [0.25, 0.3) is 22.4 Å². The lowest BCUT2D eigenvalue weighted by atomic mass is 10.1. The van der Waals surface area contributed by atoms with Gasteiger partial charge in [0.2, 0.25) is 5.82 Å². The molecule has 0 bridgehead atoms. The highest BCUT2D eigenvalue weighted by Crippen LogP contribution is 2.31. The fraction of sp³-hybridized carbons (Fsp3) is 0.300. The standard InChI is InChI=1S/C20H19N5O2/c1-2-8-16(9-3-1)26-13-19-21-20(23-27-19)14-10-11-18-17(12-14)22-24-25(18)15-6-4-5-7-15/h1-3,8-12,15H,4-7,13H2. The molecule has 0 N–H and O–H groups in total. The van der Waals surface area contributed by atoms with Gasteiger partial charge in [-0.25, -0.2) is 4.68 Å². The lowest BCUT2D eigenvalue weighted by Gasteiger charge is -2.09. The second kappa shape index (κ2) is 6.83. The van der Waals surface area contributed by atoms with Crippen molar-refractivity contribution in [3.05, 3.63) is 54.4 Å². The second-order valence-corrected chi connectivity index (χ2v) is 6.79. The molecule has 27 heavy (non-hydrogen) atoms. The summed E-state index contributed by atoms with van der Waals surface area (Å²) in [6.45, 7) is 0.233. The summed E-state index contributed by atoms with van der Waals surface area (Å²) in [5.74, 6) is 1.73. The van der Waals surface area contributed by atoms with E-state index in [4.69, 9.17) is 9.26 Å². The summed E-state index contributed by atoms with van der Waals surface area (Å²) >= 11 is 0. The van der Waals surface area contributed by atoms with Crippen LogP contribution in [0.3, 0.4) is 0 Å². The molecule has 0 atom stereocenters. The zero-order valence-corrected chi connectivity index (χ0v) is 14.8. The largest absolute Gasteiger partial charge is 0.484 e. The Morgan fingerprint density at radius 3 is 2.78 bits per heavy atom. The molecule has 5 rings (SSSR count). The van der Waals surface area contributed by atoms with Crippen LogP contribution in [0.15, 0.2) is 53.1 Å². The molecule has 0 spiro atoms. The second-order valence-electron chi connectivity index (χ2n) is 6.79. The molecule has 4 aromatic rings. The van der Waals surface area contributed by atoms with Crippen LogP contribution in [-0.2, 0) is 6.61 Å². The lowest BCUT2D eigenvalue weighted by molar-refractivity contribution is 0.243. The average molecular weight is 361 g/mol. The van der Waals surface area contributed by atoms with Gasteiger partial charge in [-0.2, -0.15) is 4.98 Å². The highest BCUT2D eigenvalue weighted by molar-refractivity contribution is 5.79. The Morgan fingerprint density at radius 1 is 1.07 bits per heavy atom. The SMILES string of the molecule is c1ccc(OCc2nc(-c3ccc4c(c3)nnn4C3CCCC3)no2)cc1. The molecular formula is C20H19N5O2.